The lowest BCUT2D eigenvalue weighted by Crippen LogP contribution is -2.34. The van der Waals surface area contributed by atoms with Gasteiger partial charge in [-0.25, -0.2) is 0 Å². The number of aryl methyl sites for hydroxylation is 1. The normalized spacial score (nSPS) is 10.2. The van der Waals surface area contributed by atoms with Crippen LogP contribution in [0.5, 0.6) is 0 Å². The number of amides is 2. The van der Waals surface area contributed by atoms with E-state index < -0.39 is 0 Å². The van der Waals surface area contributed by atoms with Gasteiger partial charge in [-0.15, -0.1) is 0 Å². The molecule has 0 unspecified atom stereocenters. The summed E-state index contributed by atoms with van der Waals surface area (Å²) in [5.74, 6) is -0.486. The lowest BCUT2D eigenvalue weighted by molar-refractivity contribution is 0.0927. The highest BCUT2D eigenvalue weighted by atomic mass is 35.5. The monoisotopic (exact) mass is 350 g/mol. The molecule has 2 N–H and O–H groups in total. The molecule has 0 heterocycles. The molecule has 0 spiro atoms. The zero-order valence-electron chi connectivity index (χ0n) is 12.5. The highest BCUT2D eigenvalue weighted by molar-refractivity contribution is 6.36. The summed E-state index contributed by atoms with van der Waals surface area (Å²) >= 11 is 11.8. The molecule has 0 aliphatic carbocycles. The van der Waals surface area contributed by atoms with Gasteiger partial charge >= 0.3 is 0 Å². The minimum absolute atomic E-state index is 0.177. The first-order valence-electron chi connectivity index (χ1n) is 7.05. The molecule has 0 atom stereocenters. The molecule has 4 nitrogen and oxygen atoms in total. The molecule has 0 saturated carbocycles. The topological polar surface area (TPSA) is 58.2 Å². The van der Waals surface area contributed by atoms with Gasteiger partial charge < -0.3 is 10.6 Å². The van der Waals surface area contributed by atoms with Crippen molar-refractivity contribution in [1.29, 1.82) is 0 Å². The minimum Gasteiger partial charge on any atom is -0.350 e. The molecule has 0 aliphatic heterocycles. The van der Waals surface area contributed by atoms with Crippen LogP contribution in [0, 0.1) is 6.92 Å². The van der Waals surface area contributed by atoms with Gasteiger partial charge in [-0.3, -0.25) is 9.59 Å². The lowest BCUT2D eigenvalue weighted by atomic mass is 10.1. The van der Waals surface area contributed by atoms with Crippen molar-refractivity contribution in [2.75, 3.05) is 13.1 Å². The maximum Gasteiger partial charge on any atom is 0.252 e. The summed E-state index contributed by atoms with van der Waals surface area (Å²) in [5.41, 5.74) is 2.03. The molecule has 2 amide bonds. The van der Waals surface area contributed by atoms with E-state index in [-0.39, 0.29) is 11.8 Å². The van der Waals surface area contributed by atoms with Gasteiger partial charge in [0.15, 0.2) is 0 Å². The Labute approximate surface area is 144 Å². The van der Waals surface area contributed by atoms with E-state index in [2.05, 4.69) is 10.6 Å². The first-order valence-corrected chi connectivity index (χ1v) is 7.81. The van der Waals surface area contributed by atoms with Crippen molar-refractivity contribution < 1.29 is 9.59 Å². The first-order chi connectivity index (χ1) is 11.0. The lowest BCUT2D eigenvalue weighted by Gasteiger charge is -2.08. The molecule has 2 aromatic carbocycles. The van der Waals surface area contributed by atoms with Crippen LogP contribution < -0.4 is 10.6 Å². The molecule has 2 aromatic rings. The van der Waals surface area contributed by atoms with Crippen molar-refractivity contribution in [1.82, 2.24) is 10.6 Å². The fourth-order valence-corrected chi connectivity index (χ4v) is 2.42. The number of carbonyl (C=O) groups is 2. The third-order valence-corrected chi connectivity index (χ3v) is 3.73. The fourth-order valence-electron chi connectivity index (χ4n) is 1.93. The third kappa shape index (κ3) is 4.98. The fraction of sp³-hybridized carbons (Fsp3) is 0.176. The molecular formula is C17H16Cl2N2O2. The minimum atomic E-state index is -0.309. The van der Waals surface area contributed by atoms with Crippen LogP contribution in [0.2, 0.25) is 10.0 Å². The van der Waals surface area contributed by atoms with Gasteiger partial charge in [-0.2, -0.15) is 0 Å². The van der Waals surface area contributed by atoms with Crippen molar-refractivity contribution in [2.45, 2.75) is 6.92 Å². The van der Waals surface area contributed by atoms with Crippen LogP contribution >= 0.6 is 23.2 Å². The highest BCUT2D eigenvalue weighted by Gasteiger charge is 2.10. The summed E-state index contributed by atoms with van der Waals surface area (Å²) in [6.07, 6.45) is 0. The molecule has 0 saturated heterocycles. The molecule has 2 rings (SSSR count). The van der Waals surface area contributed by atoms with Gasteiger partial charge in [0.1, 0.15) is 0 Å². The van der Waals surface area contributed by atoms with E-state index in [0.29, 0.717) is 34.3 Å². The Hall–Kier alpha value is -2.04. The number of hydrogen-bond acceptors (Lipinski definition) is 2. The highest BCUT2D eigenvalue weighted by Crippen LogP contribution is 2.20. The van der Waals surface area contributed by atoms with Gasteiger partial charge in [-0.1, -0.05) is 40.9 Å². The third-order valence-electron chi connectivity index (χ3n) is 3.19. The molecule has 6 heteroatoms. The van der Waals surface area contributed by atoms with Crippen LogP contribution in [0.15, 0.2) is 42.5 Å². The molecular weight excluding hydrogens is 335 g/mol. The molecule has 0 aromatic heterocycles. The number of carbonyl (C=O) groups excluding carboxylic acids is 2. The molecule has 23 heavy (non-hydrogen) atoms. The second-order valence-corrected chi connectivity index (χ2v) is 5.85. The molecule has 0 aliphatic rings. The number of rotatable bonds is 5. The maximum atomic E-state index is 12.0. The van der Waals surface area contributed by atoms with E-state index in [1.54, 1.807) is 24.3 Å². The summed E-state index contributed by atoms with van der Waals surface area (Å²) in [6.45, 7) is 2.58. The zero-order valence-corrected chi connectivity index (χ0v) is 14.0. The van der Waals surface area contributed by atoms with Crippen LogP contribution in [0.1, 0.15) is 26.3 Å². The van der Waals surface area contributed by atoms with Crippen molar-refractivity contribution in [3.05, 3.63) is 69.2 Å². The van der Waals surface area contributed by atoms with Gasteiger partial charge in [0.05, 0.1) is 10.6 Å². The molecule has 0 bridgehead atoms. The van der Waals surface area contributed by atoms with E-state index in [9.17, 15) is 9.59 Å². The van der Waals surface area contributed by atoms with Crippen molar-refractivity contribution in [3.63, 3.8) is 0 Å². The summed E-state index contributed by atoms with van der Waals surface area (Å²) in [7, 11) is 0. The van der Waals surface area contributed by atoms with Crippen LogP contribution in [0.4, 0.5) is 0 Å². The molecule has 120 valence electrons. The second-order valence-electron chi connectivity index (χ2n) is 5.00. The van der Waals surface area contributed by atoms with Crippen LogP contribution in [0.3, 0.4) is 0 Å². The van der Waals surface area contributed by atoms with Crippen molar-refractivity contribution in [3.8, 4) is 0 Å². The predicted octanol–water partition coefficient (Wildman–Crippen LogP) is 3.46. The second kappa shape index (κ2) is 7.99. The number of halogens is 2. The van der Waals surface area contributed by atoms with Crippen molar-refractivity contribution >= 4 is 35.0 Å². The molecule has 0 radical (unpaired) electrons. The Balaban J connectivity index is 1.79. The standard InChI is InChI=1S/C17H16Cl2N2O2/c1-11-2-4-12(5-3-11)16(22)20-8-9-21-17(23)14-7-6-13(18)10-15(14)19/h2-7,10H,8-9H2,1H3,(H,20,22)(H,21,23). The smallest absolute Gasteiger partial charge is 0.252 e. The molecule has 0 fully saturated rings. The summed E-state index contributed by atoms with van der Waals surface area (Å²) < 4.78 is 0. The van der Waals surface area contributed by atoms with E-state index in [1.165, 1.54) is 6.07 Å². The average molecular weight is 351 g/mol. The number of benzene rings is 2. The zero-order chi connectivity index (χ0) is 16.8. The van der Waals surface area contributed by atoms with E-state index >= 15 is 0 Å². The summed E-state index contributed by atoms with van der Waals surface area (Å²) in [5, 5.41) is 6.20. The van der Waals surface area contributed by atoms with Crippen LogP contribution in [-0.2, 0) is 0 Å². The Kier molecular flexibility index (Phi) is 6.02. The summed E-state index contributed by atoms with van der Waals surface area (Å²) in [4.78, 5) is 23.9. The number of nitrogens with one attached hydrogen (secondary N) is 2. The van der Waals surface area contributed by atoms with Gasteiger partial charge in [0, 0.05) is 23.7 Å². The predicted molar refractivity (Wildman–Crippen MR) is 92.3 cm³/mol. The maximum absolute atomic E-state index is 12.0. The van der Waals surface area contributed by atoms with Crippen LogP contribution in [0.25, 0.3) is 0 Å². The number of hydrogen-bond donors (Lipinski definition) is 2. The van der Waals surface area contributed by atoms with E-state index in [1.807, 2.05) is 19.1 Å². The van der Waals surface area contributed by atoms with Gasteiger partial charge in [0.2, 0.25) is 0 Å². The largest absolute Gasteiger partial charge is 0.350 e. The van der Waals surface area contributed by atoms with Gasteiger partial charge in [0.25, 0.3) is 11.8 Å². The van der Waals surface area contributed by atoms with E-state index in [4.69, 9.17) is 23.2 Å². The van der Waals surface area contributed by atoms with Crippen molar-refractivity contribution in [2.24, 2.45) is 0 Å². The SMILES string of the molecule is Cc1ccc(C(=O)NCCNC(=O)c2ccc(Cl)cc2Cl)cc1. The Bertz CT molecular complexity index is 715. The van der Waals surface area contributed by atoms with E-state index in [0.717, 1.165) is 5.56 Å². The summed E-state index contributed by atoms with van der Waals surface area (Å²) in [6, 6.07) is 11.9. The Morgan fingerprint density at radius 1 is 0.913 bits per heavy atom. The van der Waals surface area contributed by atoms with Crippen LogP contribution in [-0.4, -0.2) is 24.9 Å². The Morgan fingerprint density at radius 3 is 2.13 bits per heavy atom. The average Bonchev–Trinajstić information content (AvgIpc) is 2.51. The quantitative estimate of drug-likeness (QED) is 0.811. The first kappa shape index (κ1) is 17.3. The van der Waals surface area contributed by atoms with Gasteiger partial charge in [-0.05, 0) is 37.3 Å². The Morgan fingerprint density at radius 2 is 1.52 bits per heavy atom.